The number of aliphatic imine (C=N–C) groups is 1. The van der Waals surface area contributed by atoms with Gasteiger partial charge in [0.2, 0.25) is 0 Å². The van der Waals surface area contributed by atoms with Crippen LogP contribution in [0.15, 0.2) is 29.3 Å². The number of guanidine groups is 1. The van der Waals surface area contributed by atoms with Gasteiger partial charge in [-0.2, -0.15) is 0 Å². The Kier molecular flexibility index (Phi) is 7.22. The molecule has 0 heterocycles. The highest BCUT2D eigenvalue weighted by molar-refractivity contribution is 5.94. The molecule has 0 aliphatic heterocycles. The normalized spacial score (nSPS) is 16.5. The molecule has 0 radical (unpaired) electrons. The summed E-state index contributed by atoms with van der Waals surface area (Å²) in [5.74, 6) is -0.175. The average molecular weight is 348 g/mol. The Morgan fingerprint density at radius 3 is 2.48 bits per heavy atom. The SMILES string of the molecule is CCC1(CNC(=NC)NCCNC(=O)c2ccccc2F)CCCC1. The van der Waals surface area contributed by atoms with Crippen molar-refractivity contribution in [3.05, 3.63) is 35.6 Å². The third-order valence-corrected chi connectivity index (χ3v) is 5.09. The molecule has 2 rings (SSSR count). The van der Waals surface area contributed by atoms with Crippen molar-refractivity contribution < 1.29 is 9.18 Å². The van der Waals surface area contributed by atoms with Crippen LogP contribution in [0.2, 0.25) is 0 Å². The predicted octanol–water partition coefficient (Wildman–Crippen LogP) is 2.69. The van der Waals surface area contributed by atoms with Crippen molar-refractivity contribution in [1.29, 1.82) is 0 Å². The summed E-state index contributed by atoms with van der Waals surface area (Å²) >= 11 is 0. The van der Waals surface area contributed by atoms with Crippen LogP contribution in [-0.4, -0.2) is 38.5 Å². The molecular weight excluding hydrogens is 319 g/mol. The summed E-state index contributed by atoms with van der Waals surface area (Å²) < 4.78 is 13.5. The number of hydrogen-bond acceptors (Lipinski definition) is 2. The summed E-state index contributed by atoms with van der Waals surface area (Å²) in [6.07, 6.45) is 6.33. The molecule has 1 amide bonds. The first-order valence-corrected chi connectivity index (χ1v) is 9.07. The maximum atomic E-state index is 13.5. The van der Waals surface area contributed by atoms with Gasteiger partial charge in [-0.3, -0.25) is 9.79 Å². The van der Waals surface area contributed by atoms with Crippen LogP contribution in [0, 0.1) is 11.2 Å². The molecule has 1 aromatic rings. The van der Waals surface area contributed by atoms with Crippen LogP contribution in [0.25, 0.3) is 0 Å². The topological polar surface area (TPSA) is 65.5 Å². The van der Waals surface area contributed by atoms with Crippen molar-refractivity contribution in [2.75, 3.05) is 26.7 Å². The van der Waals surface area contributed by atoms with Gasteiger partial charge in [0.15, 0.2) is 5.96 Å². The molecule has 0 unspecified atom stereocenters. The van der Waals surface area contributed by atoms with Gasteiger partial charge in [-0.15, -0.1) is 0 Å². The van der Waals surface area contributed by atoms with Gasteiger partial charge in [0.05, 0.1) is 5.56 Å². The quantitative estimate of drug-likeness (QED) is 0.403. The van der Waals surface area contributed by atoms with Crippen molar-refractivity contribution in [2.24, 2.45) is 10.4 Å². The molecule has 0 saturated heterocycles. The summed E-state index contributed by atoms with van der Waals surface area (Å²) in [5, 5.41) is 9.30. The van der Waals surface area contributed by atoms with E-state index in [1.54, 1.807) is 19.2 Å². The van der Waals surface area contributed by atoms with Crippen LogP contribution in [0.4, 0.5) is 4.39 Å². The molecule has 0 aromatic heterocycles. The summed E-state index contributed by atoms with van der Waals surface area (Å²) in [6.45, 7) is 4.10. The van der Waals surface area contributed by atoms with Crippen molar-refractivity contribution in [3.8, 4) is 0 Å². The van der Waals surface area contributed by atoms with Crippen LogP contribution >= 0.6 is 0 Å². The lowest BCUT2D eigenvalue weighted by atomic mass is 9.83. The number of rotatable bonds is 7. The number of hydrogen-bond donors (Lipinski definition) is 3. The maximum Gasteiger partial charge on any atom is 0.254 e. The molecule has 25 heavy (non-hydrogen) atoms. The zero-order valence-corrected chi connectivity index (χ0v) is 15.2. The second kappa shape index (κ2) is 9.39. The van der Waals surface area contributed by atoms with Crippen LogP contribution in [0.1, 0.15) is 49.4 Å². The Hall–Kier alpha value is -2.11. The second-order valence-corrected chi connectivity index (χ2v) is 6.65. The van der Waals surface area contributed by atoms with E-state index in [1.807, 2.05) is 0 Å². The van der Waals surface area contributed by atoms with E-state index in [0.717, 1.165) is 12.5 Å². The fourth-order valence-corrected chi connectivity index (χ4v) is 3.37. The summed E-state index contributed by atoms with van der Waals surface area (Å²) in [5.41, 5.74) is 0.451. The van der Waals surface area contributed by atoms with Crippen LogP contribution in [0.3, 0.4) is 0 Å². The second-order valence-electron chi connectivity index (χ2n) is 6.65. The fourth-order valence-electron chi connectivity index (χ4n) is 3.37. The van der Waals surface area contributed by atoms with E-state index in [9.17, 15) is 9.18 Å². The maximum absolute atomic E-state index is 13.5. The van der Waals surface area contributed by atoms with E-state index < -0.39 is 11.7 Å². The third-order valence-electron chi connectivity index (χ3n) is 5.09. The highest BCUT2D eigenvalue weighted by Gasteiger charge is 2.31. The van der Waals surface area contributed by atoms with Crippen LogP contribution < -0.4 is 16.0 Å². The molecule has 0 bridgehead atoms. The number of nitrogens with one attached hydrogen (secondary N) is 3. The van der Waals surface area contributed by atoms with Gasteiger partial charge in [-0.1, -0.05) is 31.9 Å². The molecule has 1 aliphatic carbocycles. The van der Waals surface area contributed by atoms with E-state index in [4.69, 9.17) is 0 Å². The largest absolute Gasteiger partial charge is 0.356 e. The molecule has 0 atom stereocenters. The Morgan fingerprint density at radius 2 is 1.84 bits per heavy atom. The summed E-state index contributed by atoms with van der Waals surface area (Å²) in [6, 6.07) is 5.97. The van der Waals surface area contributed by atoms with Gasteiger partial charge >= 0.3 is 0 Å². The Balaban J connectivity index is 1.71. The highest BCUT2D eigenvalue weighted by Crippen LogP contribution is 2.40. The monoisotopic (exact) mass is 348 g/mol. The number of halogens is 1. The Labute approximate surface area is 149 Å². The lowest BCUT2D eigenvalue weighted by Crippen LogP contribution is -2.45. The van der Waals surface area contributed by atoms with Crippen LogP contribution in [0.5, 0.6) is 0 Å². The molecule has 1 fully saturated rings. The van der Waals surface area contributed by atoms with Crippen molar-refractivity contribution >= 4 is 11.9 Å². The molecule has 138 valence electrons. The average Bonchev–Trinajstić information content (AvgIpc) is 3.11. The van der Waals surface area contributed by atoms with Gasteiger partial charge in [0.1, 0.15) is 5.82 Å². The van der Waals surface area contributed by atoms with E-state index in [2.05, 4.69) is 27.9 Å². The first kappa shape index (κ1) is 19.2. The lowest BCUT2D eigenvalue weighted by molar-refractivity contribution is 0.0950. The van der Waals surface area contributed by atoms with Gasteiger partial charge in [0, 0.05) is 26.7 Å². The van der Waals surface area contributed by atoms with Crippen molar-refractivity contribution in [3.63, 3.8) is 0 Å². The minimum atomic E-state index is -0.508. The van der Waals surface area contributed by atoms with Crippen molar-refractivity contribution in [1.82, 2.24) is 16.0 Å². The molecule has 1 saturated carbocycles. The van der Waals surface area contributed by atoms with Crippen LogP contribution in [-0.2, 0) is 0 Å². The summed E-state index contributed by atoms with van der Waals surface area (Å²) in [7, 11) is 1.74. The minimum absolute atomic E-state index is 0.0659. The zero-order chi connectivity index (χ0) is 18.1. The molecular formula is C19H29FN4O. The third kappa shape index (κ3) is 5.44. The molecule has 3 N–H and O–H groups in total. The van der Waals surface area contributed by atoms with E-state index in [1.165, 1.54) is 44.2 Å². The predicted molar refractivity (Wildman–Crippen MR) is 99.3 cm³/mol. The number of carbonyl (C=O) groups is 1. The smallest absolute Gasteiger partial charge is 0.254 e. The van der Waals surface area contributed by atoms with E-state index >= 15 is 0 Å². The van der Waals surface area contributed by atoms with Gasteiger partial charge in [-0.25, -0.2) is 4.39 Å². The number of benzene rings is 1. The van der Waals surface area contributed by atoms with Crippen molar-refractivity contribution in [2.45, 2.75) is 39.0 Å². The minimum Gasteiger partial charge on any atom is -0.356 e. The first-order valence-electron chi connectivity index (χ1n) is 9.07. The molecule has 5 nitrogen and oxygen atoms in total. The molecule has 1 aliphatic rings. The molecule has 1 aromatic carbocycles. The van der Waals surface area contributed by atoms with Gasteiger partial charge < -0.3 is 16.0 Å². The van der Waals surface area contributed by atoms with Gasteiger partial charge in [0.25, 0.3) is 5.91 Å². The number of nitrogens with zero attached hydrogens (tertiary/aromatic N) is 1. The van der Waals surface area contributed by atoms with E-state index in [-0.39, 0.29) is 5.56 Å². The number of carbonyl (C=O) groups excluding carboxylic acids is 1. The summed E-state index contributed by atoms with van der Waals surface area (Å²) in [4.78, 5) is 16.2. The lowest BCUT2D eigenvalue weighted by Gasteiger charge is -2.28. The zero-order valence-electron chi connectivity index (χ0n) is 15.2. The Morgan fingerprint density at radius 1 is 1.16 bits per heavy atom. The molecule has 6 heteroatoms. The van der Waals surface area contributed by atoms with Gasteiger partial charge in [-0.05, 0) is 36.8 Å². The standard InChI is InChI=1S/C19H29FN4O/c1-3-19(10-6-7-11-19)14-24-18(21-2)23-13-12-22-17(25)15-8-4-5-9-16(15)20/h4-5,8-9H,3,6-7,10-14H2,1-2H3,(H,22,25)(H2,21,23,24). The molecule has 0 spiro atoms. The first-order chi connectivity index (χ1) is 12.1. The fraction of sp³-hybridized carbons (Fsp3) is 0.579. The number of amides is 1. The highest BCUT2D eigenvalue weighted by atomic mass is 19.1. The van der Waals surface area contributed by atoms with E-state index in [0.29, 0.717) is 18.5 Å². The Bertz CT molecular complexity index is 597.